The van der Waals surface area contributed by atoms with E-state index in [1.165, 1.54) is 28.5 Å². The first-order valence-electron chi connectivity index (χ1n) is 18.8. The number of anilines is 4. The number of nitrogens with two attached hydrogens (primary N) is 1. The van der Waals surface area contributed by atoms with Crippen molar-refractivity contribution in [3.05, 3.63) is 87.6 Å². The van der Waals surface area contributed by atoms with Crippen LogP contribution in [0.25, 0.3) is 23.5 Å². The van der Waals surface area contributed by atoms with E-state index in [2.05, 4.69) is 31.3 Å². The van der Waals surface area contributed by atoms with Gasteiger partial charge in [0.1, 0.15) is 36.4 Å². The SMILES string of the molecule is CCn1c(=C(C#N)C(=O)O)sc(=CNc2cccc(NC(=O)C(C)(C)C)c2)c1=O.CCn1c(=C(C#N)C(=O)ON=C(C)N)sc(=CNc2cccc(NC(=O)C(C)(C)C)c2)c1=O. The summed E-state index contributed by atoms with van der Waals surface area (Å²) in [6.45, 7) is 16.2. The first kappa shape index (κ1) is 49.1. The van der Waals surface area contributed by atoms with Crippen LogP contribution < -0.4 is 56.5 Å². The van der Waals surface area contributed by atoms with E-state index >= 15 is 0 Å². The molecule has 7 N–H and O–H groups in total. The molecule has 2 aromatic heterocycles. The average molecular weight is 885 g/mol. The second kappa shape index (κ2) is 21.3. The standard InChI is InChI=1S/C22H26N6O4S.C20H22N4O4S/c1-6-28-18(29)17(33-19(28)16(11-23)20(30)32-27-13(2)24)12-25-14-8-7-9-15(10-14)26-21(31)22(3,4)5;1-5-24-16(25)15(29-17(24)14(10-21)18(26)27)11-22-12-7-6-8-13(9-12)23-19(28)20(2,3)4/h7-10,12,25H,6H2,1-5H3,(H2,24,27)(H,26,31);6-9,11,22H,5H2,1-4H3,(H,23,28)(H,26,27). The van der Waals surface area contributed by atoms with E-state index in [-0.39, 0.29) is 65.8 Å². The van der Waals surface area contributed by atoms with Crippen molar-refractivity contribution in [1.82, 2.24) is 9.13 Å². The third-order valence-electron chi connectivity index (χ3n) is 8.13. The summed E-state index contributed by atoms with van der Waals surface area (Å²) in [4.78, 5) is 77.8. The molecule has 2 aromatic carbocycles. The number of thiazole rings is 2. The first-order valence-corrected chi connectivity index (χ1v) is 20.5. The molecule has 0 atom stereocenters. The molecule has 0 saturated heterocycles. The smallest absolute Gasteiger partial charge is 0.379 e. The molecule has 0 spiro atoms. The highest BCUT2D eigenvalue weighted by Crippen LogP contribution is 2.21. The molecule has 326 valence electrons. The Morgan fingerprint density at radius 2 is 1.15 bits per heavy atom. The summed E-state index contributed by atoms with van der Waals surface area (Å²) in [5.74, 6) is -2.62. The number of nitrogens with zero attached hydrogens (tertiary/aromatic N) is 5. The van der Waals surface area contributed by atoms with E-state index in [0.29, 0.717) is 22.7 Å². The lowest BCUT2D eigenvalue weighted by Gasteiger charge is -2.18. The molecule has 20 heteroatoms. The van der Waals surface area contributed by atoms with Crippen LogP contribution in [-0.2, 0) is 37.1 Å². The van der Waals surface area contributed by atoms with Gasteiger partial charge in [-0.25, -0.2) is 9.59 Å². The van der Waals surface area contributed by atoms with Crippen LogP contribution in [0.1, 0.15) is 62.3 Å². The van der Waals surface area contributed by atoms with Gasteiger partial charge in [-0.1, -0.05) is 58.8 Å². The summed E-state index contributed by atoms with van der Waals surface area (Å²) in [6.07, 6.45) is 2.94. The molecule has 0 saturated carbocycles. The van der Waals surface area contributed by atoms with Gasteiger partial charge in [-0.3, -0.25) is 28.3 Å². The van der Waals surface area contributed by atoms with Crippen molar-refractivity contribution in [2.75, 3.05) is 21.3 Å². The number of hydrogen-bond acceptors (Lipinski definition) is 14. The Hall–Kier alpha value is -7.29. The molecule has 0 aliphatic carbocycles. The molecule has 18 nitrogen and oxygen atoms in total. The minimum Gasteiger partial charge on any atom is -0.477 e. The number of aromatic nitrogens is 2. The molecule has 0 bridgehead atoms. The van der Waals surface area contributed by atoms with Crippen molar-refractivity contribution in [3.8, 4) is 12.1 Å². The van der Waals surface area contributed by atoms with Gasteiger partial charge in [0.2, 0.25) is 11.8 Å². The lowest BCUT2D eigenvalue weighted by atomic mass is 9.95. The molecule has 2 amide bonds. The number of amides is 2. The van der Waals surface area contributed by atoms with E-state index in [1.54, 1.807) is 74.5 Å². The Balaban J connectivity index is 0.000000333. The zero-order valence-electron chi connectivity index (χ0n) is 35.6. The minimum atomic E-state index is -1.38. The molecule has 62 heavy (non-hydrogen) atoms. The molecular formula is C42H48N10O8S2. The van der Waals surface area contributed by atoms with Crippen LogP contribution in [0.5, 0.6) is 0 Å². The Bertz CT molecular complexity index is 2860. The number of carboxylic acid groups (broad SMARTS) is 1. The fourth-order valence-electron chi connectivity index (χ4n) is 4.82. The largest absolute Gasteiger partial charge is 0.477 e. The molecule has 0 aliphatic rings. The van der Waals surface area contributed by atoms with E-state index in [9.17, 15) is 39.1 Å². The summed E-state index contributed by atoms with van der Waals surface area (Å²) in [5, 5.41) is 42.8. The van der Waals surface area contributed by atoms with Crippen molar-refractivity contribution < 1.29 is 29.1 Å². The highest BCUT2D eigenvalue weighted by molar-refractivity contribution is 7.08. The number of hydrogen-bond donors (Lipinski definition) is 6. The van der Waals surface area contributed by atoms with Crippen LogP contribution in [0, 0.1) is 33.5 Å². The van der Waals surface area contributed by atoms with Gasteiger partial charge in [-0.15, -0.1) is 22.7 Å². The summed E-state index contributed by atoms with van der Waals surface area (Å²) < 4.78 is 3.35. The highest BCUT2D eigenvalue weighted by Gasteiger charge is 2.22. The van der Waals surface area contributed by atoms with E-state index in [0.717, 1.165) is 22.7 Å². The number of carbonyl (C=O) groups is 4. The van der Waals surface area contributed by atoms with Gasteiger partial charge in [0, 0.05) is 59.1 Å². The van der Waals surface area contributed by atoms with Crippen molar-refractivity contribution in [3.63, 3.8) is 0 Å². The van der Waals surface area contributed by atoms with Gasteiger partial charge < -0.3 is 36.9 Å². The fraction of sp³-hybridized carbons (Fsp3) is 0.310. The second-order valence-corrected chi connectivity index (χ2v) is 17.2. The lowest BCUT2D eigenvalue weighted by Crippen LogP contribution is -2.32. The topological polar surface area (TPSA) is 276 Å². The maximum atomic E-state index is 12.8. The average Bonchev–Trinajstić information content (AvgIpc) is 3.69. The summed E-state index contributed by atoms with van der Waals surface area (Å²) in [5.41, 5.74) is 5.17. The molecular weight excluding hydrogens is 837 g/mol. The van der Waals surface area contributed by atoms with Crippen LogP contribution in [0.3, 0.4) is 0 Å². The van der Waals surface area contributed by atoms with E-state index < -0.39 is 28.3 Å². The molecule has 0 fully saturated rings. The fourth-order valence-corrected chi connectivity index (χ4v) is 6.98. The first-order chi connectivity index (χ1) is 29.0. The molecule has 2 heterocycles. The van der Waals surface area contributed by atoms with Crippen molar-refractivity contribution in [1.29, 1.82) is 10.5 Å². The number of nitriles is 2. The third-order valence-corrected chi connectivity index (χ3v) is 10.4. The van der Waals surface area contributed by atoms with Crippen LogP contribution in [0.2, 0.25) is 0 Å². The normalized spacial score (nSPS) is 13.0. The number of nitrogens with one attached hydrogen (secondary N) is 4. The van der Waals surface area contributed by atoms with Gasteiger partial charge in [-0.2, -0.15) is 10.5 Å². The van der Waals surface area contributed by atoms with Crippen LogP contribution in [-0.4, -0.2) is 43.8 Å². The predicted molar refractivity (Wildman–Crippen MR) is 241 cm³/mol. The van der Waals surface area contributed by atoms with Gasteiger partial charge in [0.05, 0.1) is 0 Å². The van der Waals surface area contributed by atoms with Gasteiger partial charge >= 0.3 is 11.9 Å². The summed E-state index contributed by atoms with van der Waals surface area (Å²) in [6, 6.07) is 17.4. The highest BCUT2D eigenvalue weighted by atomic mass is 32.1. The van der Waals surface area contributed by atoms with Crippen LogP contribution in [0.15, 0.2) is 63.3 Å². The number of rotatable bonds is 11. The Morgan fingerprint density at radius 1 is 0.758 bits per heavy atom. The Kier molecular flexibility index (Phi) is 16.9. The molecule has 4 rings (SSSR count). The molecule has 0 aliphatic heterocycles. The predicted octanol–water partition coefficient (Wildman–Crippen LogP) is 2.80. The minimum absolute atomic E-state index is 0.0128. The maximum Gasteiger partial charge on any atom is 0.379 e. The Labute approximate surface area is 364 Å². The Morgan fingerprint density at radius 3 is 1.48 bits per heavy atom. The lowest BCUT2D eigenvalue weighted by molar-refractivity contribution is -0.136. The molecule has 0 radical (unpaired) electrons. The van der Waals surface area contributed by atoms with Crippen molar-refractivity contribution >= 4 is 98.6 Å². The second-order valence-electron chi connectivity index (χ2n) is 15.2. The molecule has 0 unspecified atom stereocenters. The maximum absolute atomic E-state index is 12.8. The molecule has 4 aromatic rings. The number of aliphatic carboxylic acids is 1. The van der Waals surface area contributed by atoms with Crippen LogP contribution >= 0.6 is 22.7 Å². The van der Waals surface area contributed by atoms with E-state index in [4.69, 9.17) is 11.0 Å². The number of carboxylic acids is 1. The monoisotopic (exact) mass is 884 g/mol. The van der Waals surface area contributed by atoms with Gasteiger partial charge in [-0.05, 0) is 57.2 Å². The number of amidine groups is 1. The van der Waals surface area contributed by atoms with Gasteiger partial charge in [0.25, 0.3) is 11.1 Å². The van der Waals surface area contributed by atoms with Crippen molar-refractivity contribution in [2.45, 2.75) is 75.4 Å². The number of carbonyl (C=O) groups excluding carboxylic acids is 3. The van der Waals surface area contributed by atoms with Crippen LogP contribution in [0.4, 0.5) is 22.7 Å². The number of oxime groups is 1. The zero-order valence-corrected chi connectivity index (χ0v) is 37.3. The quantitative estimate of drug-likeness (QED) is 0.0548. The van der Waals surface area contributed by atoms with Crippen molar-refractivity contribution in [2.24, 2.45) is 21.7 Å². The summed E-state index contributed by atoms with van der Waals surface area (Å²) in [7, 11) is 0. The van der Waals surface area contributed by atoms with Gasteiger partial charge in [0.15, 0.2) is 11.1 Å². The zero-order chi connectivity index (χ0) is 46.5. The van der Waals surface area contributed by atoms with E-state index in [1.807, 2.05) is 41.5 Å². The number of benzene rings is 2. The third kappa shape index (κ3) is 13.1. The summed E-state index contributed by atoms with van der Waals surface area (Å²) >= 11 is 1.90.